The molecule has 0 aromatic carbocycles. The molecule has 4 nitrogen and oxygen atoms in total. The fourth-order valence-corrected chi connectivity index (χ4v) is 1.96. The van der Waals surface area contributed by atoms with E-state index in [4.69, 9.17) is 34.3 Å². The van der Waals surface area contributed by atoms with Gasteiger partial charge in [0.25, 0.3) is 0 Å². The zero-order chi connectivity index (χ0) is 13.0. The summed E-state index contributed by atoms with van der Waals surface area (Å²) in [6, 6.07) is 1.88. The van der Waals surface area contributed by atoms with Crippen LogP contribution in [0.25, 0.3) is 0 Å². The molecule has 94 valence electrons. The van der Waals surface area contributed by atoms with Crippen molar-refractivity contribution in [1.82, 2.24) is 4.98 Å². The Morgan fingerprint density at radius 1 is 1.53 bits per heavy atom. The van der Waals surface area contributed by atoms with Crippen LogP contribution in [0.2, 0.25) is 10.0 Å². The summed E-state index contributed by atoms with van der Waals surface area (Å²) in [4.78, 5) is 6.23. The number of halogens is 2. The molecule has 0 aliphatic rings. The molecule has 1 heterocycles. The van der Waals surface area contributed by atoms with E-state index < -0.39 is 0 Å². The van der Waals surface area contributed by atoms with E-state index in [9.17, 15) is 0 Å². The Kier molecular flexibility index (Phi) is 5.02. The molecule has 0 spiro atoms. The normalized spacial score (nSPS) is 10.6. The maximum absolute atomic E-state index is 7.26. The van der Waals surface area contributed by atoms with Crippen molar-refractivity contribution in [3.63, 3.8) is 0 Å². The third-order valence-corrected chi connectivity index (χ3v) is 2.79. The standard InChI is InChI=1S/C11H16Cl2N4/c1-7(2)17(4-3-10(14)15)11-9(13)5-8(12)6-16-11/h5-7H,3-4H2,1-2H3,(H3,14,15). The Hall–Kier alpha value is -1.000. The number of nitrogens with two attached hydrogens (primary N) is 1. The molecule has 0 bridgehead atoms. The molecule has 0 aliphatic carbocycles. The summed E-state index contributed by atoms with van der Waals surface area (Å²) < 4.78 is 0. The van der Waals surface area contributed by atoms with E-state index >= 15 is 0 Å². The minimum absolute atomic E-state index is 0.153. The second kappa shape index (κ2) is 6.07. The van der Waals surface area contributed by atoms with Gasteiger partial charge in [0.2, 0.25) is 0 Å². The lowest BCUT2D eigenvalue weighted by molar-refractivity contribution is 0.679. The third-order valence-electron chi connectivity index (χ3n) is 2.31. The van der Waals surface area contributed by atoms with Crippen molar-refractivity contribution in [3.8, 4) is 0 Å². The van der Waals surface area contributed by atoms with Crippen LogP contribution >= 0.6 is 23.2 Å². The van der Waals surface area contributed by atoms with Crippen LogP contribution in [0.3, 0.4) is 0 Å². The van der Waals surface area contributed by atoms with Crippen molar-refractivity contribution in [2.45, 2.75) is 26.3 Å². The first-order valence-electron chi connectivity index (χ1n) is 5.32. The van der Waals surface area contributed by atoms with Crippen LogP contribution in [-0.4, -0.2) is 23.4 Å². The fraction of sp³-hybridized carbons (Fsp3) is 0.455. The minimum Gasteiger partial charge on any atom is -0.388 e. The van der Waals surface area contributed by atoms with Crippen molar-refractivity contribution in [2.24, 2.45) is 5.73 Å². The molecule has 17 heavy (non-hydrogen) atoms. The molecular weight excluding hydrogens is 259 g/mol. The third kappa shape index (κ3) is 4.06. The lowest BCUT2D eigenvalue weighted by Crippen LogP contribution is -2.34. The van der Waals surface area contributed by atoms with Gasteiger partial charge in [0, 0.05) is 25.2 Å². The van der Waals surface area contributed by atoms with Crippen LogP contribution in [0.4, 0.5) is 5.82 Å². The van der Waals surface area contributed by atoms with Gasteiger partial charge >= 0.3 is 0 Å². The molecule has 0 fully saturated rings. The molecule has 1 rings (SSSR count). The minimum atomic E-state index is 0.153. The first kappa shape index (κ1) is 14.1. The highest BCUT2D eigenvalue weighted by atomic mass is 35.5. The number of nitrogens with one attached hydrogen (secondary N) is 1. The highest BCUT2D eigenvalue weighted by Gasteiger charge is 2.15. The Morgan fingerprint density at radius 3 is 2.65 bits per heavy atom. The van der Waals surface area contributed by atoms with Gasteiger partial charge in [-0.15, -0.1) is 0 Å². The number of pyridine rings is 1. The number of hydrogen-bond acceptors (Lipinski definition) is 3. The van der Waals surface area contributed by atoms with Crippen molar-refractivity contribution in [1.29, 1.82) is 5.41 Å². The molecule has 0 aliphatic heterocycles. The Bertz CT molecular complexity index is 406. The van der Waals surface area contributed by atoms with Gasteiger partial charge in [-0.05, 0) is 19.9 Å². The second-order valence-corrected chi connectivity index (χ2v) is 4.86. The van der Waals surface area contributed by atoms with Gasteiger partial charge < -0.3 is 10.6 Å². The van der Waals surface area contributed by atoms with E-state index in [1.165, 1.54) is 0 Å². The van der Waals surface area contributed by atoms with Crippen molar-refractivity contribution >= 4 is 34.9 Å². The molecule has 0 atom stereocenters. The molecular formula is C11H16Cl2N4. The summed E-state index contributed by atoms with van der Waals surface area (Å²) in [6.45, 7) is 4.68. The number of aromatic nitrogens is 1. The Labute approximate surface area is 111 Å². The summed E-state index contributed by atoms with van der Waals surface area (Å²) in [5.74, 6) is 0.827. The second-order valence-electron chi connectivity index (χ2n) is 4.02. The first-order chi connectivity index (χ1) is 7.91. The maximum Gasteiger partial charge on any atom is 0.147 e. The number of hydrogen-bond donors (Lipinski definition) is 2. The topological polar surface area (TPSA) is 66.0 Å². The zero-order valence-corrected chi connectivity index (χ0v) is 11.4. The van der Waals surface area contributed by atoms with E-state index in [2.05, 4.69) is 4.98 Å². The van der Waals surface area contributed by atoms with Crippen LogP contribution in [0, 0.1) is 5.41 Å². The van der Waals surface area contributed by atoms with E-state index in [0.29, 0.717) is 28.8 Å². The van der Waals surface area contributed by atoms with Crippen LogP contribution in [0.1, 0.15) is 20.3 Å². The lowest BCUT2D eigenvalue weighted by atomic mass is 10.2. The van der Waals surface area contributed by atoms with Crippen LogP contribution in [-0.2, 0) is 0 Å². The van der Waals surface area contributed by atoms with Crippen LogP contribution in [0.5, 0.6) is 0 Å². The highest BCUT2D eigenvalue weighted by molar-refractivity contribution is 6.36. The van der Waals surface area contributed by atoms with Gasteiger partial charge in [-0.2, -0.15) is 0 Å². The molecule has 0 saturated heterocycles. The molecule has 3 N–H and O–H groups in total. The average Bonchev–Trinajstić information content (AvgIpc) is 2.20. The van der Waals surface area contributed by atoms with Gasteiger partial charge in [-0.25, -0.2) is 4.98 Å². The van der Waals surface area contributed by atoms with Gasteiger partial charge in [0.05, 0.1) is 15.9 Å². The quantitative estimate of drug-likeness (QED) is 0.641. The highest BCUT2D eigenvalue weighted by Crippen LogP contribution is 2.27. The first-order valence-corrected chi connectivity index (χ1v) is 6.08. The van der Waals surface area contributed by atoms with E-state index in [1.54, 1.807) is 12.3 Å². The Morgan fingerprint density at radius 2 is 2.18 bits per heavy atom. The predicted octanol–water partition coefficient (Wildman–Crippen LogP) is 2.93. The fourth-order valence-electron chi connectivity index (χ4n) is 1.47. The van der Waals surface area contributed by atoms with E-state index in [0.717, 1.165) is 0 Å². The molecule has 0 unspecified atom stereocenters. The summed E-state index contributed by atoms with van der Waals surface area (Å²) in [7, 11) is 0. The zero-order valence-electron chi connectivity index (χ0n) is 9.87. The number of rotatable bonds is 5. The molecule has 0 amide bonds. The summed E-state index contributed by atoms with van der Waals surface area (Å²) in [6.07, 6.45) is 2.05. The van der Waals surface area contributed by atoms with Gasteiger partial charge in [-0.3, -0.25) is 5.41 Å². The SMILES string of the molecule is CC(C)N(CCC(=N)N)c1ncc(Cl)cc1Cl. The molecule has 1 aromatic heterocycles. The maximum atomic E-state index is 7.26. The van der Waals surface area contributed by atoms with E-state index in [-0.39, 0.29) is 11.9 Å². The molecule has 0 saturated carbocycles. The Balaban J connectivity index is 2.93. The summed E-state index contributed by atoms with van der Waals surface area (Å²) >= 11 is 11.9. The smallest absolute Gasteiger partial charge is 0.147 e. The number of nitrogens with zero attached hydrogens (tertiary/aromatic N) is 2. The summed E-state index contributed by atoms with van der Waals surface area (Å²) in [5.41, 5.74) is 5.36. The van der Waals surface area contributed by atoms with Gasteiger partial charge in [0.15, 0.2) is 0 Å². The van der Waals surface area contributed by atoms with Crippen molar-refractivity contribution in [3.05, 3.63) is 22.3 Å². The van der Waals surface area contributed by atoms with Crippen LogP contribution < -0.4 is 10.6 Å². The summed E-state index contributed by atoms with van der Waals surface area (Å²) in [5, 5.41) is 8.27. The molecule has 0 radical (unpaired) electrons. The van der Waals surface area contributed by atoms with Crippen LogP contribution in [0.15, 0.2) is 12.3 Å². The number of amidine groups is 1. The van der Waals surface area contributed by atoms with Crippen molar-refractivity contribution < 1.29 is 0 Å². The van der Waals surface area contributed by atoms with E-state index in [1.807, 2.05) is 18.7 Å². The van der Waals surface area contributed by atoms with Gasteiger partial charge in [-0.1, -0.05) is 23.2 Å². The largest absolute Gasteiger partial charge is 0.388 e. The predicted molar refractivity (Wildman–Crippen MR) is 73.3 cm³/mol. The lowest BCUT2D eigenvalue weighted by Gasteiger charge is -2.28. The average molecular weight is 275 g/mol. The molecule has 6 heteroatoms. The number of anilines is 1. The van der Waals surface area contributed by atoms with Gasteiger partial charge in [0.1, 0.15) is 5.82 Å². The molecule has 1 aromatic rings. The van der Waals surface area contributed by atoms with Crippen molar-refractivity contribution in [2.75, 3.05) is 11.4 Å². The monoisotopic (exact) mass is 274 g/mol.